The van der Waals surface area contributed by atoms with Gasteiger partial charge in [0.2, 0.25) is 0 Å². The second-order valence-electron chi connectivity index (χ2n) is 3.09. The van der Waals surface area contributed by atoms with Crippen LogP contribution >= 0.6 is 0 Å². The van der Waals surface area contributed by atoms with Gasteiger partial charge in [-0.05, 0) is 18.4 Å². The third-order valence-corrected chi connectivity index (χ3v) is 2.32. The molecule has 1 aliphatic rings. The average Bonchev–Trinajstić information content (AvgIpc) is 2.48. The Morgan fingerprint density at radius 2 is 2.54 bits per heavy atom. The van der Waals surface area contributed by atoms with Gasteiger partial charge < -0.3 is 10.0 Å². The molecule has 2 atom stereocenters. The van der Waals surface area contributed by atoms with Crippen LogP contribution in [-0.2, 0) is 0 Å². The van der Waals surface area contributed by atoms with Crippen molar-refractivity contribution < 1.29 is 9.90 Å². The Kier molecular flexibility index (Phi) is 2.97. The number of rotatable bonds is 2. The Hall–Kier alpha value is -1.42. The summed E-state index contributed by atoms with van der Waals surface area (Å²) in [6.45, 7) is 2.26. The highest BCUT2D eigenvalue weighted by Gasteiger charge is 2.33. The van der Waals surface area contributed by atoms with Crippen molar-refractivity contribution in [2.24, 2.45) is 5.11 Å². The first kappa shape index (κ1) is 9.67. The maximum atomic E-state index is 10.7. The van der Waals surface area contributed by atoms with E-state index in [9.17, 15) is 4.79 Å². The average molecular weight is 184 g/mol. The van der Waals surface area contributed by atoms with Crippen molar-refractivity contribution in [3.8, 4) is 0 Å². The van der Waals surface area contributed by atoms with Crippen LogP contribution in [0, 0.1) is 0 Å². The molecule has 72 valence electrons. The van der Waals surface area contributed by atoms with Crippen molar-refractivity contribution in [3.05, 3.63) is 10.4 Å². The summed E-state index contributed by atoms with van der Waals surface area (Å²) in [5.41, 5.74) is 8.20. The van der Waals surface area contributed by atoms with Crippen molar-refractivity contribution in [3.63, 3.8) is 0 Å². The summed E-state index contributed by atoms with van der Waals surface area (Å²) in [6, 6.07) is -0.181. The minimum atomic E-state index is -0.928. The van der Waals surface area contributed by atoms with Crippen LogP contribution in [0.4, 0.5) is 4.79 Å². The molecule has 1 rings (SSSR count). The predicted molar refractivity (Wildman–Crippen MR) is 46.4 cm³/mol. The SMILES string of the molecule is CC[C@@H]1C[C@H](N=[N+]=[N-])CN1C(=O)O. The molecule has 1 fully saturated rings. The van der Waals surface area contributed by atoms with Crippen LogP contribution < -0.4 is 0 Å². The molecule has 0 aliphatic carbocycles. The second-order valence-corrected chi connectivity index (χ2v) is 3.09. The summed E-state index contributed by atoms with van der Waals surface area (Å²) in [7, 11) is 0. The first-order valence-electron chi connectivity index (χ1n) is 4.22. The lowest BCUT2D eigenvalue weighted by Crippen LogP contribution is -2.34. The van der Waals surface area contributed by atoms with Gasteiger partial charge in [0.25, 0.3) is 0 Å². The summed E-state index contributed by atoms with van der Waals surface area (Å²) in [6.07, 6.45) is 0.485. The number of nitrogens with zero attached hydrogens (tertiary/aromatic N) is 4. The van der Waals surface area contributed by atoms with Crippen LogP contribution in [0.1, 0.15) is 19.8 Å². The highest BCUT2D eigenvalue weighted by atomic mass is 16.4. The normalized spacial score (nSPS) is 27.0. The number of amides is 1. The molecule has 0 bridgehead atoms. The van der Waals surface area contributed by atoms with E-state index in [0.717, 1.165) is 6.42 Å². The molecule has 6 heteroatoms. The molecule has 6 nitrogen and oxygen atoms in total. The van der Waals surface area contributed by atoms with Crippen LogP contribution in [0.5, 0.6) is 0 Å². The minimum absolute atomic E-state index is 0.00741. The predicted octanol–water partition coefficient (Wildman–Crippen LogP) is 1.83. The lowest BCUT2D eigenvalue weighted by atomic mass is 10.1. The van der Waals surface area contributed by atoms with Crippen molar-refractivity contribution in [2.75, 3.05) is 6.54 Å². The van der Waals surface area contributed by atoms with Gasteiger partial charge >= 0.3 is 6.09 Å². The third-order valence-electron chi connectivity index (χ3n) is 2.32. The highest BCUT2D eigenvalue weighted by molar-refractivity contribution is 5.66. The van der Waals surface area contributed by atoms with E-state index in [2.05, 4.69) is 10.0 Å². The van der Waals surface area contributed by atoms with Crippen molar-refractivity contribution in [1.82, 2.24) is 4.90 Å². The fraction of sp³-hybridized carbons (Fsp3) is 0.857. The molecular weight excluding hydrogens is 172 g/mol. The van der Waals surface area contributed by atoms with E-state index < -0.39 is 6.09 Å². The molecule has 0 aromatic carbocycles. The Labute approximate surface area is 75.8 Å². The molecule has 0 saturated carbocycles. The van der Waals surface area contributed by atoms with E-state index >= 15 is 0 Å². The van der Waals surface area contributed by atoms with Gasteiger partial charge in [-0.3, -0.25) is 0 Å². The van der Waals surface area contributed by atoms with E-state index in [1.54, 1.807) is 0 Å². The molecule has 1 aliphatic heterocycles. The van der Waals surface area contributed by atoms with Crippen molar-refractivity contribution in [1.29, 1.82) is 0 Å². The second kappa shape index (κ2) is 4.00. The molecule has 1 amide bonds. The molecule has 0 aromatic rings. The molecule has 0 spiro atoms. The number of hydrogen-bond acceptors (Lipinski definition) is 2. The summed E-state index contributed by atoms with van der Waals surface area (Å²) in [5.74, 6) is 0. The number of hydrogen-bond donors (Lipinski definition) is 1. The van der Waals surface area contributed by atoms with Gasteiger partial charge in [0.05, 0.1) is 6.04 Å². The van der Waals surface area contributed by atoms with Gasteiger partial charge in [0.15, 0.2) is 0 Å². The highest BCUT2D eigenvalue weighted by Crippen LogP contribution is 2.22. The van der Waals surface area contributed by atoms with E-state index in [-0.39, 0.29) is 12.1 Å². The van der Waals surface area contributed by atoms with Crippen LogP contribution in [-0.4, -0.2) is 34.7 Å². The molecule has 1 heterocycles. The van der Waals surface area contributed by atoms with Crippen molar-refractivity contribution in [2.45, 2.75) is 31.8 Å². The Morgan fingerprint density at radius 3 is 2.92 bits per heavy atom. The fourth-order valence-corrected chi connectivity index (χ4v) is 1.67. The first-order valence-corrected chi connectivity index (χ1v) is 4.22. The smallest absolute Gasteiger partial charge is 0.407 e. The molecule has 13 heavy (non-hydrogen) atoms. The molecule has 0 aromatic heterocycles. The van der Waals surface area contributed by atoms with Gasteiger partial charge in [-0.25, -0.2) is 4.79 Å². The first-order chi connectivity index (χ1) is 6.19. The zero-order chi connectivity index (χ0) is 9.84. The summed E-state index contributed by atoms with van der Waals surface area (Å²) in [4.78, 5) is 14.7. The van der Waals surface area contributed by atoms with Crippen LogP contribution in [0.15, 0.2) is 5.11 Å². The van der Waals surface area contributed by atoms with Crippen LogP contribution in [0.2, 0.25) is 0 Å². The van der Waals surface area contributed by atoms with E-state index in [1.165, 1.54) is 4.90 Å². The molecule has 0 radical (unpaired) electrons. The quantitative estimate of drug-likeness (QED) is 0.403. The molecular formula is C7H12N4O2. The van der Waals surface area contributed by atoms with E-state index in [0.29, 0.717) is 13.0 Å². The topological polar surface area (TPSA) is 89.3 Å². The van der Waals surface area contributed by atoms with E-state index in [1.807, 2.05) is 6.92 Å². The lowest BCUT2D eigenvalue weighted by Gasteiger charge is -2.19. The molecule has 1 N–H and O–H groups in total. The summed E-state index contributed by atoms with van der Waals surface area (Å²) in [5, 5.41) is 12.3. The maximum absolute atomic E-state index is 10.7. The van der Waals surface area contributed by atoms with E-state index in [4.69, 9.17) is 10.6 Å². The Bertz CT molecular complexity index is 249. The number of likely N-dealkylation sites (tertiary alicyclic amines) is 1. The van der Waals surface area contributed by atoms with Gasteiger partial charge in [-0.15, -0.1) is 0 Å². The maximum Gasteiger partial charge on any atom is 0.407 e. The Balaban J connectivity index is 2.66. The van der Waals surface area contributed by atoms with Crippen LogP contribution in [0.25, 0.3) is 10.4 Å². The summed E-state index contributed by atoms with van der Waals surface area (Å²) >= 11 is 0. The van der Waals surface area contributed by atoms with Gasteiger partial charge in [-0.2, -0.15) is 0 Å². The molecule has 1 saturated heterocycles. The molecule has 0 unspecified atom stereocenters. The largest absolute Gasteiger partial charge is 0.465 e. The zero-order valence-electron chi connectivity index (χ0n) is 7.42. The standard InChI is InChI=1S/C7H12N4O2/c1-2-6-3-5(9-10-8)4-11(6)7(12)13/h5-6H,2-4H2,1H3,(H,12,13)/t5-,6+/m0/s1. The minimum Gasteiger partial charge on any atom is -0.465 e. The van der Waals surface area contributed by atoms with Crippen molar-refractivity contribution >= 4 is 6.09 Å². The third kappa shape index (κ3) is 2.03. The van der Waals surface area contributed by atoms with Gasteiger partial charge in [-0.1, -0.05) is 12.0 Å². The number of carboxylic acid groups (broad SMARTS) is 1. The summed E-state index contributed by atoms with van der Waals surface area (Å²) < 4.78 is 0. The van der Waals surface area contributed by atoms with Gasteiger partial charge in [0, 0.05) is 17.5 Å². The zero-order valence-corrected chi connectivity index (χ0v) is 7.42. The number of carbonyl (C=O) groups is 1. The number of azide groups is 1. The lowest BCUT2D eigenvalue weighted by molar-refractivity contribution is 0.139. The van der Waals surface area contributed by atoms with Crippen LogP contribution in [0.3, 0.4) is 0 Å². The fourth-order valence-electron chi connectivity index (χ4n) is 1.67. The Morgan fingerprint density at radius 1 is 1.85 bits per heavy atom. The monoisotopic (exact) mass is 184 g/mol. The van der Waals surface area contributed by atoms with Gasteiger partial charge in [0.1, 0.15) is 0 Å².